The van der Waals surface area contributed by atoms with Crippen molar-refractivity contribution < 1.29 is 9.59 Å². The van der Waals surface area contributed by atoms with E-state index in [1.807, 2.05) is 4.90 Å². The average molecular weight is 321 g/mol. The van der Waals surface area contributed by atoms with Gasteiger partial charge >= 0.3 is 0 Å². The Morgan fingerprint density at radius 2 is 2.27 bits per heavy atom. The molecule has 1 aromatic heterocycles. The Labute approximate surface area is 135 Å². The summed E-state index contributed by atoms with van der Waals surface area (Å²) in [6.07, 6.45) is 3.31. The van der Waals surface area contributed by atoms with Gasteiger partial charge in [-0.1, -0.05) is 6.07 Å². The van der Waals surface area contributed by atoms with Crippen LogP contribution in [0.4, 0.5) is 0 Å². The Bertz CT molecular complexity index is 532. The van der Waals surface area contributed by atoms with Crippen LogP contribution in [0.25, 0.3) is 0 Å². The van der Waals surface area contributed by atoms with Crippen LogP contribution < -0.4 is 5.73 Å². The van der Waals surface area contributed by atoms with E-state index in [9.17, 15) is 9.59 Å². The van der Waals surface area contributed by atoms with Gasteiger partial charge in [-0.15, -0.1) is 11.3 Å². The zero-order valence-corrected chi connectivity index (χ0v) is 13.6. The number of carbonyl (C=O) groups excluding carboxylic acids is 2. The number of hydrogen-bond acceptors (Lipinski definition) is 4. The first-order valence-electron chi connectivity index (χ1n) is 7.98. The third kappa shape index (κ3) is 3.17. The van der Waals surface area contributed by atoms with Crippen molar-refractivity contribution in [3.8, 4) is 0 Å². The molecular weight excluding hydrogens is 298 g/mol. The lowest BCUT2D eigenvalue weighted by molar-refractivity contribution is -0.143. The van der Waals surface area contributed by atoms with Crippen LogP contribution in [0.15, 0.2) is 17.5 Å². The second kappa shape index (κ2) is 6.79. The molecule has 2 atom stereocenters. The molecule has 0 saturated carbocycles. The Morgan fingerprint density at radius 3 is 3.00 bits per heavy atom. The predicted molar refractivity (Wildman–Crippen MR) is 86.5 cm³/mol. The van der Waals surface area contributed by atoms with E-state index in [-0.39, 0.29) is 18.4 Å². The summed E-state index contributed by atoms with van der Waals surface area (Å²) in [7, 11) is 0. The molecule has 2 N–H and O–H groups in total. The highest BCUT2D eigenvalue weighted by Gasteiger charge is 2.39. The molecule has 3 heterocycles. The minimum atomic E-state index is 0.0282. The van der Waals surface area contributed by atoms with Crippen molar-refractivity contribution in [1.82, 2.24) is 9.80 Å². The van der Waals surface area contributed by atoms with E-state index in [4.69, 9.17) is 5.73 Å². The first-order chi connectivity index (χ1) is 10.7. The third-order valence-corrected chi connectivity index (χ3v) is 5.79. The van der Waals surface area contributed by atoms with E-state index >= 15 is 0 Å². The van der Waals surface area contributed by atoms with E-state index in [0.29, 0.717) is 18.4 Å². The zero-order chi connectivity index (χ0) is 15.5. The highest BCUT2D eigenvalue weighted by Crippen LogP contribution is 2.31. The molecule has 0 bridgehead atoms. The summed E-state index contributed by atoms with van der Waals surface area (Å²) < 4.78 is 0. The standard InChI is InChI=1S/C16H23N3O2S/c17-10-16(21)18-7-6-14-12(11-18)3-4-15(20)19(14)8-5-13-2-1-9-22-13/h1-2,9,12,14H,3-8,10-11,17H2/t12-,14+/m0/s1. The molecule has 2 aliphatic heterocycles. The van der Waals surface area contributed by atoms with Crippen LogP contribution in [0, 0.1) is 5.92 Å². The monoisotopic (exact) mass is 321 g/mol. The summed E-state index contributed by atoms with van der Waals surface area (Å²) in [5, 5.41) is 2.08. The Kier molecular flexibility index (Phi) is 4.78. The maximum Gasteiger partial charge on any atom is 0.236 e. The molecule has 0 aliphatic carbocycles. The zero-order valence-electron chi connectivity index (χ0n) is 12.7. The fraction of sp³-hybridized carbons (Fsp3) is 0.625. The van der Waals surface area contributed by atoms with E-state index in [1.165, 1.54) is 4.88 Å². The average Bonchev–Trinajstić information content (AvgIpc) is 3.06. The van der Waals surface area contributed by atoms with Gasteiger partial charge in [-0.2, -0.15) is 0 Å². The van der Waals surface area contributed by atoms with Gasteiger partial charge < -0.3 is 15.5 Å². The van der Waals surface area contributed by atoms with Gasteiger partial charge in [-0.3, -0.25) is 9.59 Å². The van der Waals surface area contributed by atoms with Gasteiger partial charge in [0.2, 0.25) is 11.8 Å². The summed E-state index contributed by atoms with van der Waals surface area (Å²) in [5.41, 5.74) is 5.47. The van der Waals surface area contributed by atoms with Gasteiger partial charge in [0, 0.05) is 37.0 Å². The molecule has 0 unspecified atom stereocenters. The topological polar surface area (TPSA) is 66.6 Å². The van der Waals surface area contributed by atoms with Crippen LogP contribution in [0.2, 0.25) is 0 Å². The minimum Gasteiger partial charge on any atom is -0.341 e. The molecule has 0 spiro atoms. The van der Waals surface area contributed by atoms with Crippen LogP contribution in [-0.4, -0.2) is 53.8 Å². The Morgan fingerprint density at radius 1 is 1.41 bits per heavy atom. The van der Waals surface area contributed by atoms with E-state index in [0.717, 1.165) is 38.9 Å². The molecule has 0 aromatic carbocycles. The number of thiophene rings is 1. The van der Waals surface area contributed by atoms with Crippen molar-refractivity contribution in [1.29, 1.82) is 0 Å². The lowest BCUT2D eigenvalue weighted by Gasteiger charge is -2.47. The number of nitrogens with zero attached hydrogens (tertiary/aromatic N) is 2. The van der Waals surface area contributed by atoms with Crippen molar-refractivity contribution >= 4 is 23.2 Å². The number of rotatable bonds is 4. The fourth-order valence-electron chi connectivity index (χ4n) is 3.68. The van der Waals surface area contributed by atoms with Gasteiger partial charge in [-0.25, -0.2) is 0 Å². The number of piperidine rings is 2. The largest absolute Gasteiger partial charge is 0.341 e. The molecule has 2 saturated heterocycles. The first kappa shape index (κ1) is 15.5. The second-order valence-corrected chi connectivity index (χ2v) is 7.15. The van der Waals surface area contributed by atoms with E-state index in [2.05, 4.69) is 22.4 Å². The van der Waals surface area contributed by atoms with Gasteiger partial charge in [0.1, 0.15) is 0 Å². The number of carbonyl (C=O) groups is 2. The number of amides is 2. The number of hydrogen-bond donors (Lipinski definition) is 1. The van der Waals surface area contributed by atoms with Crippen LogP contribution in [-0.2, 0) is 16.0 Å². The fourth-order valence-corrected chi connectivity index (χ4v) is 4.38. The SMILES string of the molecule is NCC(=O)N1CC[C@@H]2[C@@H](CCC(=O)N2CCc2cccs2)C1. The highest BCUT2D eigenvalue weighted by atomic mass is 32.1. The predicted octanol–water partition coefficient (Wildman–Crippen LogP) is 1.09. The van der Waals surface area contributed by atoms with Crippen LogP contribution >= 0.6 is 11.3 Å². The molecule has 5 nitrogen and oxygen atoms in total. The molecule has 6 heteroatoms. The smallest absolute Gasteiger partial charge is 0.236 e. The van der Waals surface area contributed by atoms with Crippen LogP contribution in [0.5, 0.6) is 0 Å². The minimum absolute atomic E-state index is 0.0282. The van der Waals surface area contributed by atoms with Gasteiger partial charge in [0.05, 0.1) is 6.54 Å². The molecule has 3 rings (SSSR count). The molecular formula is C16H23N3O2S. The molecule has 2 amide bonds. The first-order valence-corrected chi connectivity index (χ1v) is 8.86. The Balaban J connectivity index is 1.63. The van der Waals surface area contributed by atoms with Crippen LogP contribution in [0.3, 0.4) is 0 Å². The summed E-state index contributed by atoms with van der Waals surface area (Å²) in [6.45, 7) is 2.35. The number of nitrogens with two attached hydrogens (primary N) is 1. The van der Waals surface area contributed by atoms with Crippen LogP contribution in [0.1, 0.15) is 24.1 Å². The molecule has 2 fully saturated rings. The molecule has 1 aromatic rings. The summed E-state index contributed by atoms with van der Waals surface area (Å²) >= 11 is 1.74. The maximum absolute atomic E-state index is 12.3. The lowest BCUT2D eigenvalue weighted by Crippen LogP contribution is -2.57. The van der Waals surface area contributed by atoms with E-state index in [1.54, 1.807) is 11.3 Å². The van der Waals surface area contributed by atoms with Gasteiger partial charge in [-0.05, 0) is 36.6 Å². The van der Waals surface area contributed by atoms with Gasteiger partial charge in [0.25, 0.3) is 0 Å². The van der Waals surface area contributed by atoms with Crippen molar-refractivity contribution in [2.45, 2.75) is 31.7 Å². The van der Waals surface area contributed by atoms with E-state index < -0.39 is 0 Å². The quantitative estimate of drug-likeness (QED) is 0.903. The molecule has 0 radical (unpaired) electrons. The van der Waals surface area contributed by atoms with Crippen molar-refractivity contribution in [2.75, 3.05) is 26.2 Å². The molecule has 22 heavy (non-hydrogen) atoms. The van der Waals surface area contributed by atoms with Crippen molar-refractivity contribution in [2.24, 2.45) is 11.7 Å². The third-order valence-electron chi connectivity index (χ3n) is 4.85. The summed E-state index contributed by atoms with van der Waals surface area (Å²) in [4.78, 5) is 29.4. The number of fused-ring (bicyclic) bond motifs is 1. The molecule has 2 aliphatic rings. The van der Waals surface area contributed by atoms with Crippen molar-refractivity contribution in [3.05, 3.63) is 22.4 Å². The highest BCUT2D eigenvalue weighted by molar-refractivity contribution is 7.09. The molecule has 120 valence electrons. The normalized spacial score (nSPS) is 25.2. The summed E-state index contributed by atoms with van der Waals surface area (Å²) in [5.74, 6) is 0.710. The maximum atomic E-state index is 12.3. The van der Waals surface area contributed by atoms with Crippen molar-refractivity contribution in [3.63, 3.8) is 0 Å². The second-order valence-electron chi connectivity index (χ2n) is 6.12. The summed E-state index contributed by atoms with van der Waals surface area (Å²) in [6, 6.07) is 4.47. The number of likely N-dealkylation sites (tertiary alicyclic amines) is 2. The Hall–Kier alpha value is -1.40. The van der Waals surface area contributed by atoms with Gasteiger partial charge in [0.15, 0.2) is 0 Å². The lowest BCUT2D eigenvalue weighted by atomic mass is 9.83.